The summed E-state index contributed by atoms with van der Waals surface area (Å²) in [6.45, 7) is 4.44. The minimum atomic E-state index is -4.27. The molecule has 0 aliphatic carbocycles. The average Bonchev–Trinajstić information content (AvgIpc) is 3.77. The van der Waals surface area contributed by atoms with E-state index in [2.05, 4.69) is 19.9 Å². The van der Waals surface area contributed by atoms with Crippen molar-refractivity contribution in [3.8, 4) is 61.8 Å². The molecule has 8 aromatic rings. The number of hydrogen-bond acceptors (Lipinski definition) is 15. The minimum Gasteiger partial charge on any atom is -0.496 e. The first-order valence-corrected chi connectivity index (χ1v) is 24.7. The molecule has 2 aliphatic heterocycles. The zero-order valence-electron chi connectivity index (χ0n) is 38.4. The molecule has 0 saturated carbocycles. The van der Waals surface area contributed by atoms with Gasteiger partial charge in [0, 0.05) is 28.6 Å². The number of alkyl halides is 1. The molecule has 19 heteroatoms. The molecule has 0 radical (unpaired) electrons. The van der Waals surface area contributed by atoms with Crippen LogP contribution in [0.25, 0.3) is 43.2 Å². The Morgan fingerprint density at radius 1 is 0.915 bits per heavy atom. The molecule has 0 spiro atoms. The van der Waals surface area contributed by atoms with Crippen molar-refractivity contribution < 1.29 is 54.6 Å². The number of hydrogen-bond donors (Lipinski definition) is 0. The number of carbonyl (C=O) groups is 1. The predicted molar refractivity (Wildman–Crippen MR) is 262 cm³/mol. The average molecular weight is 1020 g/mol. The molecule has 14 nitrogen and oxygen atoms in total. The summed E-state index contributed by atoms with van der Waals surface area (Å²) in [7, 11) is -2.77. The minimum absolute atomic E-state index is 0.00271. The highest BCUT2D eigenvalue weighted by Gasteiger charge is 2.31. The van der Waals surface area contributed by atoms with Crippen LogP contribution >= 0.6 is 22.9 Å². The Bertz CT molecular complexity index is 3360. The summed E-state index contributed by atoms with van der Waals surface area (Å²) >= 11 is 8.45. The van der Waals surface area contributed by atoms with Crippen molar-refractivity contribution >= 4 is 49.2 Å². The molecule has 5 heterocycles. The number of esters is 1. The molecular weight excluding hydrogens is 978 g/mol. The Balaban J connectivity index is 1.17. The summed E-state index contributed by atoms with van der Waals surface area (Å²) < 4.78 is 99.8. The molecule has 0 saturated heterocycles. The quantitative estimate of drug-likeness (QED) is 0.0837. The number of methoxy groups -OCH3 is 1. The lowest BCUT2D eigenvalue weighted by Gasteiger charge is -2.22. The zero-order chi connectivity index (χ0) is 49.8. The Morgan fingerprint density at radius 3 is 2.48 bits per heavy atom. The number of para-hydroxylation sites is 1. The Labute approximate surface area is 416 Å². The molecule has 1 unspecified atom stereocenters. The van der Waals surface area contributed by atoms with Crippen molar-refractivity contribution in [2.24, 2.45) is 0 Å². The number of ether oxygens (including phenoxy) is 6. The highest BCUT2D eigenvalue weighted by molar-refractivity contribution is 7.86. The number of carbonyl (C=O) groups excluding carboxylic acids is 1. The summed E-state index contributed by atoms with van der Waals surface area (Å²) in [6, 6.07) is 28.4. The third-order valence-corrected chi connectivity index (χ3v) is 14.3. The third kappa shape index (κ3) is 10.6. The van der Waals surface area contributed by atoms with Gasteiger partial charge >= 0.3 is 5.97 Å². The lowest BCUT2D eigenvalue weighted by molar-refractivity contribution is -0.151. The van der Waals surface area contributed by atoms with Crippen LogP contribution in [0.15, 0.2) is 127 Å². The first-order chi connectivity index (χ1) is 34.3. The number of aromatic nitrogens is 4. The smallest absolute Gasteiger partial charge is 0.347 e. The summed E-state index contributed by atoms with van der Waals surface area (Å²) in [5.41, 5.74) is 3.83. The van der Waals surface area contributed by atoms with E-state index in [1.807, 2.05) is 6.92 Å². The van der Waals surface area contributed by atoms with Crippen LogP contribution in [0.3, 0.4) is 0 Å². The van der Waals surface area contributed by atoms with Gasteiger partial charge in [-0.3, -0.25) is 4.18 Å². The molecule has 0 N–H and O–H groups in total. The molecule has 4 bridgehead atoms. The lowest BCUT2D eigenvalue weighted by atomic mass is 9.96. The fourth-order valence-corrected chi connectivity index (χ4v) is 10.1. The van der Waals surface area contributed by atoms with Gasteiger partial charge in [0.05, 0.1) is 34.6 Å². The van der Waals surface area contributed by atoms with E-state index in [4.69, 9.17) is 44.2 Å². The van der Waals surface area contributed by atoms with E-state index in [1.54, 1.807) is 74.5 Å². The zero-order valence-corrected chi connectivity index (χ0v) is 40.8. The Morgan fingerprint density at radius 2 is 1.70 bits per heavy atom. The molecule has 3 aromatic heterocycles. The molecule has 10 rings (SSSR count). The molecule has 5 aromatic carbocycles. The van der Waals surface area contributed by atoms with Gasteiger partial charge in [-0.1, -0.05) is 59.6 Å². The van der Waals surface area contributed by atoms with E-state index in [0.29, 0.717) is 48.7 Å². The Hall–Kier alpha value is -7.25. The normalized spacial score (nSPS) is 15.2. The van der Waals surface area contributed by atoms with Gasteiger partial charge in [-0.15, -0.1) is 11.3 Å². The van der Waals surface area contributed by atoms with Gasteiger partial charge < -0.3 is 28.4 Å². The van der Waals surface area contributed by atoms with Crippen LogP contribution in [0.4, 0.5) is 8.78 Å². The van der Waals surface area contributed by atoms with Gasteiger partial charge in [0.25, 0.3) is 16.5 Å². The van der Waals surface area contributed by atoms with Crippen LogP contribution in [0.1, 0.15) is 35.7 Å². The van der Waals surface area contributed by atoms with E-state index in [1.165, 1.54) is 79.5 Å². The van der Waals surface area contributed by atoms with Crippen LogP contribution in [-0.4, -0.2) is 73.5 Å². The van der Waals surface area contributed by atoms with Crippen molar-refractivity contribution in [3.63, 3.8) is 0 Å². The van der Waals surface area contributed by atoms with Gasteiger partial charge in [0.2, 0.25) is 12.0 Å². The monoisotopic (exact) mass is 1020 g/mol. The van der Waals surface area contributed by atoms with Crippen molar-refractivity contribution in [2.75, 3.05) is 26.9 Å². The number of fused-ring (bicyclic) bond motifs is 7. The van der Waals surface area contributed by atoms with Gasteiger partial charge in [-0.25, -0.2) is 29.1 Å². The van der Waals surface area contributed by atoms with Gasteiger partial charge in [-0.2, -0.15) is 12.8 Å². The molecular formula is C52H43ClF2N4O10S2. The number of thiophene rings is 1. The second-order valence-corrected chi connectivity index (χ2v) is 19.1. The fourth-order valence-electron chi connectivity index (χ4n) is 7.80. The summed E-state index contributed by atoms with van der Waals surface area (Å²) in [4.78, 5) is 33.1. The van der Waals surface area contributed by atoms with Crippen molar-refractivity contribution in [1.82, 2.24) is 19.9 Å². The van der Waals surface area contributed by atoms with Crippen molar-refractivity contribution in [2.45, 2.75) is 50.7 Å². The second-order valence-electron chi connectivity index (χ2n) is 16.1. The largest absolute Gasteiger partial charge is 0.496 e. The van der Waals surface area contributed by atoms with Crippen LogP contribution in [0.5, 0.6) is 28.9 Å². The van der Waals surface area contributed by atoms with Gasteiger partial charge in [-0.05, 0) is 104 Å². The van der Waals surface area contributed by atoms with Crippen LogP contribution in [0.2, 0.25) is 5.02 Å². The van der Waals surface area contributed by atoms with Crippen LogP contribution < -0.4 is 23.7 Å². The predicted octanol–water partition coefficient (Wildman–Crippen LogP) is 11.0. The maximum absolute atomic E-state index is 16.5. The topological polar surface area (TPSA) is 167 Å². The maximum Gasteiger partial charge on any atom is 0.347 e. The fraction of sp³-hybridized carbons (Fsp3) is 0.212. The molecule has 2 aliphatic rings. The van der Waals surface area contributed by atoms with E-state index < -0.39 is 47.1 Å². The van der Waals surface area contributed by atoms with E-state index in [-0.39, 0.29) is 69.8 Å². The molecule has 71 heavy (non-hydrogen) atoms. The lowest BCUT2D eigenvalue weighted by Crippen LogP contribution is -2.32. The number of rotatable bonds is 12. The molecule has 0 amide bonds. The highest BCUT2D eigenvalue weighted by Crippen LogP contribution is 2.50. The Kier molecular flexibility index (Phi) is 14.4. The molecule has 364 valence electrons. The first kappa shape index (κ1) is 48.8. The van der Waals surface area contributed by atoms with E-state index >= 15 is 4.39 Å². The van der Waals surface area contributed by atoms with Crippen molar-refractivity contribution in [1.29, 1.82) is 0 Å². The first-order valence-electron chi connectivity index (χ1n) is 22.1. The molecule has 0 fully saturated rings. The third-order valence-electron chi connectivity index (χ3n) is 11.4. The number of benzene rings is 5. The van der Waals surface area contributed by atoms with Gasteiger partial charge in [0.15, 0.2) is 11.9 Å². The summed E-state index contributed by atoms with van der Waals surface area (Å²) in [5.74, 6) is -0.178. The SMILES string of the molecule is CCOC(=O)[C@H]1Cc2cc(ccc2OC(F)c2ccnc(-c3ccccc3OC)n2)OC[C@H](COS(=O)(=O)c2ccc(C)cc2)Oc2ccc(c(C)c2Cl)-c2c(-c3ccc(F)cc3)sc3ncnc(c23)O1. The maximum atomic E-state index is 16.5. The van der Waals surface area contributed by atoms with Crippen molar-refractivity contribution in [3.05, 3.63) is 155 Å². The van der Waals surface area contributed by atoms with E-state index in [9.17, 15) is 17.6 Å². The standard InChI is InChI=1S/C52H43ClF2N4O10S2/c1-5-64-52(60)43-25-32-24-34(16-20-40(32)68-48(55)39-22-23-56-49(59-39)38-8-6-7-9-41(38)63-4)65-26-35(27-66-71(61,62)36-17-10-29(2)11-18-36)67-42-21-19-37(30(3)46(42)53)44-45-50(69-43)57-28-58-51(45)70-47(44)31-12-14-33(54)15-13-31/h6-24,28,35,43,48H,5,25-27H2,1-4H3/t35-,43-,48?/m1/s1. The molecule has 3 atom stereocenters. The van der Waals surface area contributed by atoms with Crippen LogP contribution in [0, 0.1) is 19.7 Å². The second kappa shape index (κ2) is 21.0. The van der Waals surface area contributed by atoms with Gasteiger partial charge in [0.1, 0.15) is 58.9 Å². The van der Waals surface area contributed by atoms with Crippen LogP contribution in [-0.2, 0) is 30.3 Å². The number of halogens is 3. The highest BCUT2D eigenvalue weighted by atomic mass is 35.5. The van der Waals surface area contributed by atoms with E-state index in [0.717, 1.165) is 5.56 Å². The number of aryl methyl sites for hydroxylation is 1. The summed E-state index contributed by atoms with van der Waals surface area (Å²) in [5, 5.41) is 0.581. The summed E-state index contributed by atoms with van der Waals surface area (Å²) in [6.07, 6.45) is -2.26. The number of nitrogens with zero attached hydrogens (tertiary/aromatic N) is 4.